The molecule has 0 bridgehead atoms. The smallest absolute Gasteiger partial charge is 0.181 e. The van der Waals surface area contributed by atoms with Crippen molar-refractivity contribution in [2.45, 2.75) is 19.8 Å². The van der Waals surface area contributed by atoms with Crippen molar-refractivity contribution in [1.29, 1.82) is 0 Å². The Kier molecular flexibility index (Phi) is 5.93. The third kappa shape index (κ3) is 4.11. The number of Topliss-reactive ketones (excluding diaryl/α,β-unsaturated/α-hetero) is 2. The van der Waals surface area contributed by atoms with Crippen LogP contribution in [-0.2, 0) is 0 Å². The molecule has 24 heavy (non-hydrogen) atoms. The van der Waals surface area contributed by atoms with E-state index >= 15 is 0 Å². The SMILES string of the molecule is COc1ccc(C(=O)CCC(=O)c2nc(Cl)ccc2C)cc1OC. The van der Waals surface area contributed by atoms with Crippen LogP contribution >= 0.6 is 11.6 Å². The van der Waals surface area contributed by atoms with Crippen LogP contribution in [-0.4, -0.2) is 30.8 Å². The number of carbonyl (C=O) groups is 2. The van der Waals surface area contributed by atoms with Crippen LogP contribution in [0.25, 0.3) is 0 Å². The van der Waals surface area contributed by atoms with Crippen molar-refractivity contribution in [3.05, 3.63) is 52.3 Å². The van der Waals surface area contributed by atoms with Crippen LogP contribution in [0, 0.1) is 6.92 Å². The summed E-state index contributed by atoms with van der Waals surface area (Å²) in [5.74, 6) is 0.665. The number of ketones is 2. The van der Waals surface area contributed by atoms with Crippen LogP contribution in [0.2, 0.25) is 5.15 Å². The molecule has 1 aromatic heterocycles. The Hall–Kier alpha value is -2.40. The number of aromatic nitrogens is 1. The number of carbonyl (C=O) groups excluding carboxylic acids is 2. The van der Waals surface area contributed by atoms with E-state index in [9.17, 15) is 9.59 Å². The van der Waals surface area contributed by atoms with Gasteiger partial charge in [0.25, 0.3) is 0 Å². The van der Waals surface area contributed by atoms with Gasteiger partial charge in [-0.15, -0.1) is 0 Å². The lowest BCUT2D eigenvalue weighted by atomic mass is 10.0. The van der Waals surface area contributed by atoms with E-state index in [4.69, 9.17) is 21.1 Å². The summed E-state index contributed by atoms with van der Waals surface area (Å²) in [6, 6.07) is 8.28. The monoisotopic (exact) mass is 347 g/mol. The second kappa shape index (κ2) is 7.93. The fourth-order valence-electron chi connectivity index (χ4n) is 2.29. The summed E-state index contributed by atoms with van der Waals surface area (Å²) in [4.78, 5) is 28.6. The van der Waals surface area contributed by atoms with Crippen LogP contribution in [0.3, 0.4) is 0 Å². The number of halogens is 1. The van der Waals surface area contributed by atoms with Crippen molar-refractivity contribution in [3.8, 4) is 11.5 Å². The molecule has 0 unspecified atom stereocenters. The van der Waals surface area contributed by atoms with Crippen molar-refractivity contribution >= 4 is 23.2 Å². The van der Waals surface area contributed by atoms with E-state index in [1.807, 2.05) is 0 Å². The Labute approximate surface area is 145 Å². The summed E-state index contributed by atoms with van der Waals surface area (Å²) in [6.07, 6.45) is 0.156. The molecular formula is C18H18ClNO4. The Morgan fingerprint density at radius 2 is 1.67 bits per heavy atom. The zero-order valence-electron chi connectivity index (χ0n) is 13.8. The maximum absolute atomic E-state index is 12.3. The number of hydrogen-bond donors (Lipinski definition) is 0. The van der Waals surface area contributed by atoms with Crippen LogP contribution < -0.4 is 9.47 Å². The van der Waals surface area contributed by atoms with Crippen molar-refractivity contribution in [2.75, 3.05) is 14.2 Å². The van der Waals surface area contributed by atoms with Gasteiger partial charge in [-0.1, -0.05) is 17.7 Å². The van der Waals surface area contributed by atoms with E-state index in [1.165, 1.54) is 14.2 Å². The number of methoxy groups -OCH3 is 2. The van der Waals surface area contributed by atoms with Gasteiger partial charge in [-0.3, -0.25) is 9.59 Å². The van der Waals surface area contributed by atoms with Crippen molar-refractivity contribution in [2.24, 2.45) is 0 Å². The van der Waals surface area contributed by atoms with Crippen LogP contribution in [0.1, 0.15) is 39.3 Å². The highest BCUT2D eigenvalue weighted by Gasteiger charge is 2.16. The molecule has 0 aliphatic rings. The van der Waals surface area contributed by atoms with Gasteiger partial charge in [-0.25, -0.2) is 4.98 Å². The first kappa shape index (κ1) is 17.9. The lowest BCUT2D eigenvalue weighted by Crippen LogP contribution is -2.09. The molecule has 0 aliphatic heterocycles. The molecule has 0 aliphatic carbocycles. The molecule has 0 saturated carbocycles. The predicted octanol–water partition coefficient (Wildman–Crippen LogP) is 3.91. The topological polar surface area (TPSA) is 65.5 Å². The summed E-state index contributed by atoms with van der Waals surface area (Å²) >= 11 is 5.83. The lowest BCUT2D eigenvalue weighted by molar-refractivity contribution is 0.0914. The molecule has 0 saturated heterocycles. The maximum Gasteiger partial charge on any atom is 0.181 e. The molecular weight excluding hydrogens is 330 g/mol. The van der Waals surface area contributed by atoms with E-state index in [2.05, 4.69) is 4.98 Å². The van der Waals surface area contributed by atoms with E-state index in [1.54, 1.807) is 37.3 Å². The fourth-order valence-corrected chi connectivity index (χ4v) is 2.43. The van der Waals surface area contributed by atoms with Gasteiger partial charge in [0.1, 0.15) is 10.8 Å². The highest BCUT2D eigenvalue weighted by Crippen LogP contribution is 2.28. The predicted molar refractivity (Wildman–Crippen MR) is 91.4 cm³/mol. The summed E-state index contributed by atoms with van der Waals surface area (Å²) in [7, 11) is 3.03. The van der Waals surface area contributed by atoms with Crippen LogP contribution in [0.4, 0.5) is 0 Å². The number of hydrogen-bond acceptors (Lipinski definition) is 5. The molecule has 0 amide bonds. The minimum atomic E-state index is -0.205. The van der Waals surface area contributed by atoms with E-state index in [-0.39, 0.29) is 29.6 Å². The number of benzene rings is 1. The average molecular weight is 348 g/mol. The molecule has 2 aromatic rings. The number of nitrogens with zero attached hydrogens (tertiary/aromatic N) is 1. The zero-order valence-corrected chi connectivity index (χ0v) is 14.5. The Bertz CT molecular complexity index is 774. The second-order valence-electron chi connectivity index (χ2n) is 5.22. The first-order valence-electron chi connectivity index (χ1n) is 7.38. The molecule has 0 atom stereocenters. The molecule has 0 spiro atoms. The van der Waals surface area contributed by atoms with Gasteiger partial charge >= 0.3 is 0 Å². The van der Waals surface area contributed by atoms with Gasteiger partial charge in [-0.05, 0) is 36.8 Å². The van der Waals surface area contributed by atoms with E-state index in [0.29, 0.717) is 22.8 Å². The zero-order chi connectivity index (χ0) is 17.7. The Morgan fingerprint density at radius 3 is 2.33 bits per heavy atom. The first-order chi connectivity index (χ1) is 11.5. The maximum atomic E-state index is 12.3. The molecule has 0 fully saturated rings. The number of rotatable bonds is 7. The standard InChI is InChI=1S/C18H18ClNO4/c1-11-4-9-17(19)20-18(11)14(22)7-6-13(21)12-5-8-15(23-2)16(10-12)24-3/h4-5,8-10H,6-7H2,1-3H3. The first-order valence-corrected chi connectivity index (χ1v) is 7.75. The Morgan fingerprint density at radius 1 is 1.00 bits per heavy atom. The summed E-state index contributed by atoms with van der Waals surface area (Å²) in [6.45, 7) is 1.78. The summed E-state index contributed by atoms with van der Waals surface area (Å²) in [5, 5.41) is 0.259. The van der Waals surface area contributed by atoms with Crippen molar-refractivity contribution < 1.29 is 19.1 Å². The van der Waals surface area contributed by atoms with Gasteiger partial charge in [-0.2, -0.15) is 0 Å². The minimum absolute atomic E-state index is 0.0708. The highest BCUT2D eigenvalue weighted by molar-refractivity contribution is 6.29. The fraction of sp³-hybridized carbons (Fsp3) is 0.278. The average Bonchev–Trinajstić information content (AvgIpc) is 2.60. The quantitative estimate of drug-likeness (QED) is 0.561. The summed E-state index contributed by atoms with van der Waals surface area (Å²) < 4.78 is 10.3. The van der Waals surface area contributed by atoms with Gasteiger partial charge < -0.3 is 9.47 Å². The Balaban J connectivity index is 2.07. The van der Waals surface area contributed by atoms with Crippen molar-refractivity contribution in [3.63, 3.8) is 0 Å². The number of aryl methyl sites for hydroxylation is 1. The highest BCUT2D eigenvalue weighted by atomic mass is 35.5. The second-order valence-corrected chi connectivity index (χ2v) is 5.60. The van der Waals surface area contributed by atoms with Gasteiger partial charge in [0.05, 0.1) is 14.2 Å². The molecule has 5 nitrogen and oxygen atoms in total. The normalized spacial score (nSPS) is 10.3. The largest absolute Gasteiger partial charge is 0.493 e. The van der Waals surface area contributed by atoms with E-state index < -0.39 is 0 Å². The van der Waals surface area contributed by atoms with Crippen LogP contribution in [0.5, 0.6) is 11.5 Å². The molecule has 1 aromatic carbocycles. The number of pyridine rings is 1. The van der Waals surface area contributed by atoms with Crippen molar-refractivity contribution in [1.82, 2.24) is 4.98 Å². The third-order valence-corrected chi connectivity index (χ3v) is 3.82. The van der Waals surface area contributed by atoms with Gasteiger partial charge in [0, 0.05) is 18.4 Å². The van der Waals surface area contributed by atoms with E-state index in [0.717, 1.165) is 5.56 Å². The van der Waals surface area contributed by atoms with Gasteiger partial charge in [0.2, 0.25) is 0 Å². The third-order valence-electron chi connectivity index (χ3n) is 3.61. The molecule has 2 rings (SSSR count). The van der Waals surface area contributed by atoms with Gasteiger partial charge in [0.15, 0.2) is 23.1 Å². The number of ether oxygens (including phenoxy) is 2. The molecule has 0 N–H and O–H groups in total. The minimum Gasteiger partial charge on any atom is -0.493 e. The van der Waals surface area contributed by atoms with Crippen LogP contribution in [0.15, 0.2) is 30.3 Å². The molecule has 126 valence electrons. The summed E-state index contributed by atoms with van der Waals surface area (Å²) in [5.41, 5.74) is 1.52. The lowest BCUT2D eigenvalue weighted by Gasteiger charge is -2.09. The molecule has 0 radical (unpaired) electrons. The molecule has 6 heteroatoms. The molecule has 1 heterocycles.